The molecule has 0 aromatic heterocycles. The van der Waals surface area contributed by atoms with Gasteiger partial charge in [-0.1, -0.05) is 74.7 Å². The minimum atomic E-state index is 0.499. The fraction of sp³-hybridized carbons (Fsp3) is 1.00. The van der Waals surface area contributed by atoms with Crippen LogP contribution in [-0.4, -0.2) is 0 Å². The number of rotatable bonds is 8. The van der Waals surface area contributed by atoms with Gasteiger partial charge in [0.25, 0.3) is 0 Å². The quantitative estimate of drug-likeness (QED) is 0.477. The molecule has 0 amide bonds. The zero-order valence-corrected chi connectivity index (χ0v) is 13.6. The second-order valence-electron chi connectivity index (χ2n) is 7.55. The second kappa shape index (κ2) is 7.44. The lowest BCUT2D eigenvalue weighted by Gasteiger charge is -2.39. The van der Waals surface area contributed by atoms with Gasteiger partial charge in [-0.15, -0.1) is 0 Å². The summed E-state index contributed by atoms with van der Waals surface area (Å²) in [6.45, 7) is 19.2. The zero-order chi connectivity index (χ0) is 13.6. The highest BCUT2D eigenvalue weighted by Gasteiger charge is 2.32. The van der Waals surface area contributed by atoms with Crippen molar-refractivity contribution in [2.75, 3.05) is 0 Å². The summed E-state index contributed by atoms with van der Waals surface area (Å²) >= 11 is 0. The van der Waals surface area contributed by atoms with Gasteiger partial charge in [0.2, 0.25) is 0 Å². The van der Waals surface area contributed by atoms with E-state index in [1.807, 2.05) is 0 Å². The Morgan fingerprint density at radius 2 is 1.35 bits per heavy atom. The van der Waals surface area contributed by atoms with Crippen molar-refractivity contribution in [3.8, 4) is 0 Å². The van der Waals surface area contributed by atoms with Crippen LogP contribution in [0.5, 0.6) is 0 Å². The SMILES string of the molecule is CCC([C@@H](C)CCC(C)C)C(C)(C)CC(C)C. The molecule has 0 aromatic rings. The maximum Gasteiger partial charge on any atom is -0.0321 e. The third-order valence-corrected chi connectivity index (χ3v) is 4.26. The summed E-state index contributed by atoms with van der Waals surface area (Å²) in [6.07, 6.45) is 5.48. The van der Waals surface area contributed by atoms with Gasteiger partial charge in [-0.25, -0.2) is 0 Å². The Bertz CT molecular complexity index is 188. The lowest BCUT2D eigenvalue weighted by molar-refractivity contribution is 0.106. The number of hydrogen-bond donors (Lipinski definition) is 0. The summed E-state index contributed by atoms with van der Waals surface area (Å²) in [7, 11) is 0. The maximum absolute atomic E-state index is 2.48. The van der Waals surface area contributed by atoms with Gasteiger partial charge in [0.05, 0.1) is 0 Å². The van der Waals surface area contributed by atoms with E-state index in [2.05, 4.69) is 55.4 Å². The lowest BCUT2D eigenvalue weighted by atomic mass is 9.66. The minimum Gasteiger partial charge on any atom is -0.0651 e. The fourth-order valence-corrected chi connectivity index (χ4v) is 3.73. The molecule has 2 atom stereocenters. The summed E-state index contributed by atoms with van der Waals surface area (Å²) in [5.74, 6) is 3.42. The van der Waals surface area contributed by atoms with Crippen LogP contribution in [0.3, 0.4) is 0 Å². The Kier molecular flexibility index (Phi) is 7.44. The molecule has 0 N–H and O–H groups in total. The van der Waals surface area contributed by atoms with Gasteiger partial charge in [-0.3, -0.25) is 0 Å². The summed E-state index contributed by atoms with van der Waals surface area (Å²) < 4.78 is 0. The maximum atomic E-state index is 2.48. The van der Waals surface area contributed by atoms with E-state index in [-0.39, 0.29) is 0 Å². The van der Waals surface area contributed by atoms with E-state index in [0.29, 0.717) is 5.41 Å². The molecule has 0 aliphatic rings. The highest BCUT2D eigenvalue weighted by Crippen LogP contribution is 2.41. The van der Waals surface area contributed by atoms with Crippen molar-refractivity contribution < 1.29 is 0 Å². The first-order valence-corrected chi connectivity index (χ1v) is 7.70. The molecule has 0 saturated heterocycles. The van der Waals surface area contributed by atoms with Gasteiger partial charge in [0, 0.05) is 0 Å². The van der Waals surface area contributed by atoms with Crippen molar-refractivity contribution >= 4 is 0 Å². The molecule has 104 valence electrons. The summed E-state index contributed by atoms with van der Waals surface area (Å²) in [4.78, 5) is 0. The highest BCUT2D eigenvalue weighted by atomic mass is 14.4. The monoisotopic (exact) mass is 240 g/mol. The summed E-state index contributed by atoms with van der Waals surface area (Å²) in [6, 6.07) is 0. The number of hydrogen-bond acceptors (Lipinski definition) is 0. The molecule has 0 spiro atoms. The smallest absolute Gasteiger partial charge is 0.0321 e. The topological polar surface area (TPSA) is 0 Å². The van der Waals surface area contributed by atoms with Gasteiger partial charge in [-0.05, 0) is 35.5 Å². The largest absolute Gasteiger partial charge is 0.0651 e. The average Bonchev–Trinajstić information content (AvgIpc) is 2.12. The molecule has 17 heavy (non-hydrogen) atoms. The van der Waals surface area contributed by atoms with E-state index in [1.165, 1.54) is 25.7 Å². The Hall–Kier alpha value is 0. The normalized spacial score (nSPS) is 16.6. The van der Waals surface area contributed by atoms with Crippen LogP contribution in [0, 0.1) is 29.1 Å². The predicted octanol–water partition coefficient (Wildman–Crippen LogP) is 6.16. The van der Waals surface area contributed by atoms with Crippen LogP contribution in [0.2, 0.25) is 0 Å². The summed E-state index contributed by atoms with van der Waals surface area (Å²) in [5.41, 5.74) is 0.499. The molecule has 1 unspecified atom stereocenters. The van der Waals surface area contributed by atoms with E-state index in [1.54, 1.807) is 0 Å². The van der Waals surface area contributed by atoms with Crippen LogP contribution < -0.4 is 0 Å². The molecule has 0 aliphatic carbocycles. The molecule has 0 aromatic carbocycles. The van der Waals surface area contributed by atoms with Crippen LogP contribution in [0.4, 0.5) is 0 Å². The Morgan fingerprint density at radius 3 is 1.71 bits per heavy atom. The van der Waals surface area contributed by atoms with E-state index >= 15 is 0 Å². The first-order valence-electron chi connectivity index (χ1n) is 7.70. The van der Waals surface area contributed by atoms with E-state index in [9.17, 15) is 0 Å². The Labute approximate surface area is 111 Å². The molecule has 0 saturated carbocycles. The zero-order valence-electron chi connectivity index (χ0n) is 13.6. The Balaban J connectivity index is 4.47. The molecule has 0 bridgehead atoms. The third-order valence-electron chi connectivity index (χ3n) is 4.26. The van der Waals surface area contributed by atoms with Crippen molar-refractivity contribution in [3.63, 3.8) is 0 Å². The van der Waals surface area contributed by atoms with Crippen LogP contribution in [0.1, 0.15) is 81.1 Å². The van der Waals surface area contributed by atoms with Crippen LogP contribution in [0.15, 0.2) is 0 Å². The first-order chi connectivity index (χ1) is 7.70. The lowest BCUT2D eigenvalue weighted by Crippen LogP contribution is -2.30. The van der Waals surface area contributed by atoms with Crippen molar-refractivity contribution in [1.82, 2.24) is 0 Å². The molecule has 0 nitrogen and oxygen atoms in total. The van der Waals surface area contributed by atoms with E-state index in [0.717, 1.165) is 23.7 Å². The summed E-state index contributed by atoms with van der Waals surface area (Å²) in [5, 5.41) is 0. The first kappa shape index (κ1) is 17.0. The van der Waals surface area contributed by atoms with Gasteiger partial charge in [0.1, 0.15) is 0 Å². The molecule has 0 rings (SSSR count). The van der Waals surface area contributed by atoms with Gasteiger partial charge in [-0.2, -0.15) is 0 Å². The molecular formula is C17H36. The van der Waals surface area contributed by atoms with Crippen molar-refractivity contribution in [2.45, 2.75) is 81.1 Å². The molecule has 0 radical (unpaired) electrons. The Morgan fingerprint density at radius 1 is 0.824 bits per heavy atom. The molecular weight excluding hydrogens is 204 g/mol. The van der Waals surface area contributed by atoms with Gasteiger partial charge >= 0.3 is 0 Å². The van der Waals surface area contributed by atoms with Crippen LogP contribution in [0.25, 0.3) is 0 Å². The molecule has 0 heterocycles. The van der Waals surface area contributed by atoms with E-state index < -0.39 is 0 Å². The van der Waals surface area contributed by atoms with Gasteiger partial charge < -0.3 is 0 Å². The highest BCUT2D eigenvalue weighted by molar-refractivity contribution is 4.82. The second-order valence-corrected chi connectivity index (χ2v) is 7.55. The van der Waals surface area contributed by atoms with Crippen molar-refractivity contribution in [1.29, 1.82) is 0 Å². The molecule has 0 heteroatoms. The van der Waals surface area contributed by atoms with Crippen molar-refractivity contribution in [2.24, 2.45) is 29.1 Å². The molecule has 0 aliphatic heterocycles. The van der Waals surface area contributed by atoms with Gasteiger partial charge in [0.15, 0.2) is 0 Å². The third kappa shape index (κ3) is 6.48. The standard InChI is InChI=1S/C17H36/c1-9-16(15(6)11-10-13(2)3)17(7,8)12-14(4)5/h13-16H,9-12H2,1-8H3/t15-,16?/m0/s1. The van der Waals surface area contributed by atoms with Crippen LogP contribution in [-0.2, 0) is 0 Å². The van der Waals surface area contributed by atoms with E-state index in [4.69, 9.17) is 0 Å². The van der Waals surface area contributed by atoms with Crippen molar-refractivity contribution in [3.05, 3.63) is 0 Å². The minimum absolute atomic E-state index is 0.499. The fourth-order valence-electron chi connectivity index (χ4n) is 3.73. The predicted molar refractivity (Wildman–Crippen MR) is 80.3 cm³/mol. The average molecular weight is 240 g/mol. The van der Waals surface area contributed by atoms with Crippen LogP contribution >= 0.6 is 0 Å². The molecule has 0 fully saturated rings.